The molecule has 6 nitrogen and oxygen atoms in total. The normalized spacial score (nSPS) is 12.3. The van der Waals surface area contributed by atoms with E-state index in [-0.39, 0.29) is 11.9 Å². The molecule has 0 fully saturated rings. The van der Waals surface area contributed by atoms with Gasteiger partial charge in [0.25, 0.3) is 5.91 Å². The molecule has 2 N–H and O–H groups in total. The number of nitrogens with one attached hydrogen (secondary N) is 2. The van der Waals surface area contributed by atoms with E-state index in [1.807, 2.05) is 31.2 Å². The van der Waals surface area contributed by atoms with E-state index in [0.717, 1.165) is 24.0 Å². The maximum absolute atomic E-state index is 12.5. The molecule has 2 aromatic carbocycles. The molecule has 1 atom stereocenters. The van der Waals surface area contributed by atoms with Crippen molar-refractivity contribution in [2.45, 2.75) is 19.4 Å². The van der Waals surface area contributed by atoms with Gasteiger partial charge in [-0.15, -0.1) is 0 Å². The van der Waals surface area contributed by atoms with Gasteiger partial charge < -0.3 is 10.1 Å². The zero-order chi connectivity index (χ0) is 18.4. The zero-order valence-corrected chi connectivity index (χ0v) is 15.3. The number of benzene rings is 2. The van der Waals surface area contributed by atoms with Gasteiger partial charge in [0.2, 0.25) is 10.0 Å². The summed E-state index contributed by atoms with van der Waals surface area (Å²) in [5.41, 5.74) is 1.72. The highest BCUT2D eigenvalue weighted by Gasteiger charge is 2.15. The van der Waals surface area contributed by atoms with Crippen molar-refractivity contribution in [1.82, 2.24) is 5.32 Å². The average Bonchev–Trinajstić information content (AvgIpc) is 2.58. The molecule has 0 aliphatic heterocycles. The summed E-state index contributed by atoms with van der Waals surface area (Å²) in [5, 5.41) is 2.97. The first-order chi connectivity index (χ1) is 11.8. The number of sulfonamides is 1. The predicted molar refractivity (Wildman–Crippen MR) is 98.4 cm³/mol. The average molecular weight is 362 g/mol. The van der Waals surface area contributed by atoms with E-state index >= 15 is 0 Å². The molecule has 0 saturated heterocycles. The van der Waals surface area contributed by atoms with Crippen LogP contribution in [0.3, 0.4) is 0 Å². The second kappa shape index (κ2) is 8.02. The minimum absolute atomic E-state index is 0.148. The number of hydrogen-bond donors (Lipinski definition) is 2. The van der Waals surface area contributed by atoms with Crippen LogP contribution in [0.25, 0.3) is 0 Å². The smallest absolute Gasteiger partial charge is 0.251 e. The van der Waals surface area contributed by atoms with Crippen LogP contribution in [-0.4, -0.2) is 27.7 Å². The summed E-state index contributed by atoms with van der Waals surface area (Å²) in [4.78, 5) is 12.5. The molecule has 0 radical (unpaired) electrons. The highest BCUT2D eigenvalue weighted by molar-refractivity contribution is 7.92. The molecule has 0 saturated carbocycles. The molecule has 2 aromatic rings. The fraction of sp³-hybridized carbons (Fsp3) is 0.278. The van der Waals surface area contributed by atoms with Crippen LogP contribution in [0.1, 0.15) is 35.3 Å². The second-order valence-corrected chi connectivity index (χ2v) is 7.41. The molecular formula is C18H22N2O4S. The van der Waals surface area contributed by atoms with Crippen LogP contribution in [0.15, 0.2) is 48.5 Å². The van der Waals surface area contributed by atoms with E-state index in [4.69, 9.17) is 4.74 Å². The SMILES string of the molecule is CCC(NC(=O)c1cccc(NS(C)(=O)=O)c1)c1ccc(OC)cc1. The molecule has 7 heteroatoms. The molecule has 25 heavy (non-hydrogen) atoms. The maximum Gasteiger partial charge on any atom is 0.251 e. The van der Waals surface area contributed by atoms with Gasteiger partial charge in [0.15, 0.2) is 0 Å². The molecule has 0 aliphatic rings. The minimum Gasteiger partial charge on any atom is -0.497 e. The Bertz CT molecular complexity index is 832. The molecule has 0 aliphatic carbocycles. The molecule has 1 amide bonds. The Hall–Kier alpha value is -2.54. The molecule has 2 rings (SSSR count). The van der Waals surface area contributed by atoms with Gasteiger partial charge in [0.1, 0.15) is 5.75 Å². The number of amides is 1. The monoisotopic (exact) mass is 362 g/mol. The van der Waals surface area contributed by atoms with Gasteiger partial charge in [-0.2, -0.15) is 0 Å². The molecule has 1 unspecified atom stereocenters. The van der Waals surface area contributed by atoms with Crippen LogP contribution in [-0.2, 0) is 10.0 Å². The van der Waals surface area contributed by atoms with Crippen molar-refractivity contribution in [2.24, 2.45) is 0 Å². The van der Waals surface area contributed by atoms with Crippen LogP contribution >= 0.6 is 0 Å². The Balaban J connectivity index is 2.15. The number of rotatable bonds is 7. The lowest BCUT2D eigenvalue weighted by atomic mass is 10.0. The van der Waals surface area contributed by atoms with Crippen LogP contribution in [0.2, 0.25) is 0 Å². The summed E-state index contributed by atoms with van der Waals surface area (Å²) in [6.07, 6.45) is 1.79. The van der Waals surface area contributed by atoms with Crippen molar-refractivity contribution in [2.75, 3.05) is 18.1 Å². The van der Waals surface area contributed by atoms with Crippen LogP contribution in [0, 0.1) is 0 Å². The van der Waals surface area contributed by atoms with Gasteiger partial charge in [0.05, 0.1) is 19.4 Å². The van der Waals surface area contributed by atoms with Gasteiger partial charge in [-0.3, -0.25) is 9.52 Å². The third kappa shape index (κ3) is 5.49. The van der Waals surface area contributed by atoms with Crippen LogP contribution in [0.4, 0.5) is 5.69 Å². The molecular weight excluding hydrogens is 340 g/mol. The largest absolute Gasteiger partial charge is 0.497 e. The first-order valence-corrected chi connectivity index (χ1v) is 9.74. The number of hydrogen-bond acceptors (Lipinski definition) is 4. The molecule has 0 heterocycles. The Kier molecular flexibility index (Phi) is 6.03. The number of carbonyl (C=O) groups excluding carboxylic acids is 1. The summed E-state index contributed by atoms with van der Waals surface area (Å²) in [5.74, 6) is 0.490. The van der Waals surface area contributed by atoms with E-state index in [0.29, 0.717) is 11.3 Å². The molecule has 0 bridgehead atoms. The highest BCUT2D eigenvalue weighted by atomic mass is 32.2. The van der Waals surface area contributed by atoms with E-state index in [1.54, 1.807) is 25.3 Å². The van der Waals surface area contributed by atoms with Gasteiger partial charge in [-0.05, 0) is 42.3 Å². The highest BCUT2D eigenvalue weighted by Crippen LogP contribution is 2.21. The summed E-state index contributed by atoms with van der Waals surface area (Å²) in [6.45, 7) is 1.98. The lowest BCUT2D eigenvalue weighted by Crippen LogP contribution is -2.28. The van der Waals surface area contributed by atoms with Crippen LogP contribution in [0.5, 0.6) is 5.75 Å². The van der Waals surface area contributed by atoms with Gasteiger partial charge in [0, 0.05) is 11.3 Å². The van der Waals surface area contributed by atoms with E-state index < -0.39 is 10.0 Å². The molecule has 0 aromatic heterocycles. The van der Waals surface area contributed by atoms with E-state index in [1.165, 1.54) is 6.07 Å². The zero-order valence-electron chi connectivity index (χ0n) is 14.4. The molecule has 134 valence electrons. The number of ether oxygens (including phenoxy) is 1. The van der Waals surface area contributed by atoms with Crippen molar-refractivity contribution in [3.05, 3.63) is 59.7 Å². The van der Waals surface area contributed by atoms with Crippen molar-refractivity contribution >= 4 is 21.6 Å². The summed E-state index contributed by atoms with van der Waals surface area (Å²) < 4.78 is 30.2. The standard InChI is InChI=1S/C18H22N2O4S/c1-4-17(13-8-10-16(24-2)11-9-13)19-18(21)14-6-5-7-15(12-14)20-25(3,22)23/h5-12,17,20H,4H2,1-3H3,(H,19,21). The fourth-order valence-corrected chi connectivity index (χ4v) is 2.99. The Labute approximate surface area is 148 Å². The summed E-state index contributed by atoms with van der Waals surface area (Å²) >= 11 is 0. The number of carbonyl (C=O) groups is 1. The van der Waals surface area contributed by atoms with E-state index in [2.05, 4.69) is 10.0 Å². The maximum atomic E-state index is 12.5. The summed E-state index contributed by atoms with van der Waals surface area (Å²) in [7, 11) is -1.79. The van der Waals surface area contributed by atoms with Crippen molar-refractivity contribution in [1.29, 1.82) is 0 Å². The van der Waals surface area contributed by atoms with Crippen molar-refractivity contribution in [3.8, 4) is 5.75 Å². The Morgan fingerprint density at radius 1 is 1.16 bits per heavy atom. The first-order valence-electron chi connectivity index (χ1n) is 7.85. The van der Waals surface area contributed by atoms with Crippen molar-refractivity contribution in [3.63, 3.8) is 0 Å². The van der Waals surface area contributed by atoms with Gasteiger partial charge in [-0.25, -0.2) is 8.42 Å². The number of methoxy groups -OCH3 is 1. The second-order valence-electron chi connectivity index (χ2n) is 5.66. The summed E-state index contributed by atoms with van der Waals surface area (Å²) in [6, 6.07) is 13.8. The topological polar surface area (TPSA) is 84.5 Å². The quantitative estimate of drug-likeness (QED) is 0.793. The minimum atomic E-state index is -3.39. The first kappa shape index (κ1) is 18.8. The Morgan fingerprint density at radius 2 is 1.84 bits per heavy atom. The van der Waals surface area contributed by atoms with Crippen molar-refractivity contribution < 1.29 is 17.9 Å². The molecule has 0 spiro atoms. The predicted octanol–water partition coefficient (Wildman–Crippen LogP) is 2.95. The number of anilines is 1. The third-order valence-electron chi connectivity index (χ3n) is 3.66. The van der Waals surface area contributed by atoms with Gasteiger partial charge >= 0.3 is 0 Å². The lowest BCUT2D eigenvalue weighted by Gasteiger charge is -2.18. The van der Waals surface area contributed by atoms with Crippen LogP contribution < -0.4 is 14.8 Å². The van der Waals surface area contributed by atoms with E-state index in [9.17, 15) is 13.2 Å². The lowest BCUT2D eigenvalue weighted by molar-refractivity contribution is 0.0935. The third-order valence-corrected chi connectivity index (χ3v) is 4.27. The van der Waals surface area contributed by atoms with Gasteiger partial charge in [-0.1, -0.05) is 25.1 Å². The Morgan fingerprint density at radius 3 is 2.40 bits per heavy atom. The fourth-order valence-electron chi connectivity index (χ4n) is 2.44.